The number of aliphatic hydroxyl groups excluding tert-OH is 1. The molecule has 2 aromatic carbocycles. The van der Waals surface area contributed by atoms with Crippen LogP contribution in [0.25, 0.3) is 0 Å². The molecule has 0 aliphatic carbocycles. The molecule has 2 rings (SSSR count). The van der Waals surface area contributed by atoms with E-state index in [0.29, 0.717) is 0 Å². The van der Waals surface area contributed by atoms with Crippen LogP contribution in [0, 0.1) is 11.6 Å². The van der Waals surface area contributed by atoms with Crippen molar-refractivity contribution in [1.82, 2.24) is 0 Å². The second-order valence-electron chi connectivity index (χ2n) is 3.73. The lowest BCUT2D eigenvalue weighted by atomic mass is 10.0. The molecule has 5 heteroatoms. The fourth-order valence-corrected chi connectivity index (χ4v) is 1.99. The van der Waals surface area contributed by atoms with E-state index >= 15 is 0 Å². The minimum atomic E-state index is -1.34. The lowest BCUT2D eigenvalue weighted by molar-refractivity contribution is 0.214. The Morgan fingerprint density at radius 3 is 2.33 bits per heavy atom. The highest BCUT2D eigenvalue weighted by molar-refractivity contribution is 6.31. The number of benzene rings is 2. The summed E-state index contributed by atoms with van der Waals surface area (Å²) in [5.74, 6) is -1.22. The summed E-state index contributed by atoms with van der Waals surface area (Å²) < 4.78 is 26.7. The van der Waals surface area contributed by atoms with Crippen LogP contribution in [0.4, 0.5) is 8.78 Å². The van der Waals surface area contributed by atoms with Crippen LogP contribution < -0.4 is 0 Å². The van der Waals surface area contributed by atoms with Crippen molar-refractivity contribution in [2.45, 2.75) is 6.10 Å². The lowest BCUT2D eigenvalue weighted by Crippen LogP contribution is -2.03. The van der Waals surface area contributed by atoms with Gasteiger partial charge in [0.1, 0.15) is 17.7 Å². The molecule has 0 amide bonds. The van der Waals surface area contributed by atoms with E-state index in [1.165, 1.54) is 18.2 Å². The fraction of sp³-hybridized carbons (Fsp3) is 0.0769. The van der Waals surface area contributed by atoms with E-state index in [4.69, 9.17) is 23.2 Å². The quantitative estimate of drug-likeness (QED) is 0.871. The predicted molar refractivity (Wildman–Crippen MR) is 66.9 cm³/mol. The summed E-state index contributed by atoms with van der Waals surface area (Å²) in [6.45, 7) is 0. The van der Waals surface area contributed by atoms with Gasteiger partial charge < -0.3 is 5.11 Å². The van der Waals surface area contributed by atoms with Crippen LogP contribution >= 0.6 is 23.2 Å². The van der Waals surface area contributed by atoms with E-state index in [9.17, 15) is 13.9 Å². The van der Waals surface area contributed by atoms with Crippen LogP contribution in [0.3, 0.4) is 0 Å². The Balaban J connectivity index is 2.47. The normalized spacial score (nSPS) is 12.5. The van der Waals surface area contributed by atoms with Crippen LogP contribution in [0.5, 0.6) is 0 Å². The zero-order valence-electron chi connectivity index (χ0n) is 9.00. The van der Waals surface area contributed by atoms with Crippen molar-refractivity contribution in [1.29, 1.82) is 0 Å². The lowest BCUT2D eigenvalue weighted by Gasteiger charge is -2.14. The molecular weight excluding hydrogens is 281 g/mol. The Morgan fingerprint density at radius 1 is 0.944 bits per heavy atom. The molecule has 2 aromatic rings. The van der Waals surface area contributed by atoms with E-state index in [1.54, 1.807) is 0 Å². The third-order valence-electron chi connectivity index (χ3n) is 2.51. The van der Waals surface area contributed by atoms with Gasteiger partial charge in [0.15, 0.2) is 0 Å². The van der Waals surface area contributed by atoms with Crippen molar-refractivity contribution < 1.29 is 13.9 Å². The maximum absolute atomic E-state index is 13.6. The molecule has 0 heterocycles. The van der Waals surface area contributed by atoms with Gasteiger partial charge in [0.05, 0.1) is 0 Å². The average Bonchev–Trinajstić information content (AvgIpc) is 2.31. The van der Waals surface area contributed by atoms with Gasteiger partial charge in [-0.3, -0.25) is 0 Å². The zero-order chi connectivity index (χ0) is 13.3. The molecule has 0 spiro atoms. The van der Waals surface area contributed by atoms with Crippen molar-refractivity contribution in [3.8, 4) is 0 Å². The summed E-state index contributed by atoms with van der Waals surface area (Å²) >= 11 is 11.5. The van der Waals surface area contributed by atoms with Crippen LogP contribution in [0.1, 0.15) is 17.2 Å². The fourth-order valence-electron chi connectivity index (χ4n) is 1.61. The second-order valence-corrected chi connectivity index (χ2v) is 4.58. The van der Waals surface area contributed by atoms with Gasteiger partial charge in [0.25, 0.3) is 0 Å². The molecule has 94 valence electrons. The van der Waals surface area contributed by atoms with Crippen molar-refractivity contribution in [2.75, 3.05) is 0 Å². The largest absolute Gasteiger partial charge is 0.383 e. The molecule has 0 bridgehead atoms. The Hall–Kier alpha value is -1.16. The minimum Gasteiger partial charge on any atom is -0.383 e. The van der Waals surface area contributed by atoms with Crippen LogP contribution in [0.2, 0.25) is 10.0 Å². The maximum atomic E-state index is 13.6. The second kappa shape index (κ2) is 5.22. The Kier molecular flexibility index (Phi) is 3.85. The van der Waals surface area contributed by atoms with Gasteiger partial charge in [-0.05, 0) is 30.3 Å². The van der Waals surface area contributed by atoms with E-state index in [2.05, 4.69) is 0 Å². The van der Waals surface area contributed by atoms with Gasteiger partial charge in [0, 0.05) is 21.2 Å². The molecule has 1 nitrogen and oxygen atoms in total. The third-order valence-corrected chi connectivity index (χ3v) is 3.09. The first-order valence-corrected chi connectivity index (χ1v) is 5.82. The molecule has 0 aromatic heterocycles. The summed E-state index contributed by atoms with van der Waals surface area (Å²) in [6, 6.07) is 7.40. The summed E-state index contributed by atoms with van der Waals surface area (Å²) in [6.07, 6.45) is -1.34. The number of rotatable bonds is 2. The molecule has 0 aliphatic heterocycles. The van der Waals surface area contributed by atoms with Crippen molar-refractivity contribution in [3.63, 3.8) is 0 Å². The SMILES string of the molecule is OC(c1ccc(Cl)cc1F)c1cc(F)ccc1Cl. The van der Waals surface area contributed by atoms with Crippen molar-refractivity contribution in [3.05, 3.63) is 69.2 Å². The standard InChI is InChI=1S/C13H8Cl2F2O/c14-7-1-3-9(12(17)5-7)13(18)10-6-8(16)2-4-11(10)15/h1-6,13,18H. The zero-order valence-corrected chi connectivity index (χ0v) is 10.5. The maximum Gasteiger partial charge on any atom is 0.130 e. The first-order chi connectivity index (χ1) is 8.49. The van der Waals surface area contributed by atoms with Gasteiger partial charge in [0.2, 0.25) is 0 Å². The molecule has 18 heavy (non-hydrogen) atoms. The molecule has 1 unspecified atom stereocenters. The Labute approximate surface area is 113 Å². The molecule has 1 N–H and O–H groups in total. The highest BCUT2D eigenvalue weighted by Gasteiger charge is 2.18. The van der Waals surface area contributed by atoms with Gasteiger partial charge in [-0.15, -0.1) is 0 Å². The van der Waals surface area contributed by atoms with E-state index in [0.717, 1.165) is 18.2 Å². The molecule has 1 atom stereocenters. The summed E-state index contributed by atoms with van der Waals surface area (Å²) in [5.41, 5.74) is 0.102. The highest BCUT2D eigenvalue weighted by Crippen LogP contribution is 2.31. The van der Waals surface area contributed by atoms with Crippen LogP contribution in [-0.4, -0.2) is 5.11 Å². The van der Waals surface area contributed by atoms with E-state index in [1.807, 2.05) is 0 Å². The first-order valence-electron chi connectivity index (χ1n) is 5.07. The minimum absolute atomic E-state index is 0.00750. The summed E-state index contributed by atoms with van der Waals surface area (Å²) in [4.78, 5) is 0. The van der Waals surface area contributed by atoms with E-state index < -0.39 is 17.7 Å². The molecule has 0 aliphatic rings. The van der Waals surface area contributed by atoms with Crippen LogP contribution in [-0.2, 0) is 0 Å². The first kappa shape index (κ1) is 13.3. The average molecular weight is 289 g/mol. The Morgan fingerprint density at radius 2 is 1.67 bits per heavy atom. The molecule has 0 saturated heterocycles. The van der Waals surface area contributed by atoms with Crippen molar-refractivity contribution in [2.24, 2.45) is 0 Å². The molecule has 0 saturated carbocycles. The number of hydrogen-bond acceptors (Lipinski definition) is 1. The smallest absolute Gasteiger partial charge is 0.130 e. The molecule has 0 radical (unpaired) electrons. The predicted octanol–water partition coefficient (Wildman–Crippen LogP) is 4.35. The highest BCUT2D eigenvalue weighted by atomic mass is 35.5. The topological polar surface area (TPSA) is 20.2 Å². The molecule has 0 fully saturated rings. The van der Waals surface area contributed by atoms with Gasteiger partial charge >= 0.3 is 0 Å². The summed E-state index contributed by atoms with van der Waals surface area (Å²) in [5, 5.41) is 10.4. The monoisotopic (exact) mass is 288 g/mol. The number of halogens is 4. The van der Waals surface area contributed by atoms with Gasteiger partial charge in [-0.1, -0.05) is 29.3 Å². The summed E-state index contributed by atoms with van der Waals surface area (Å²) in [7, 11) is 0. The van der Waals surface area contributed by atoms with Crippen LogP contribution in [0.15, 0.2) is 36.4 Å². The van der Waals surface area contributed by atoms with Gasteiger partial charge in [-0.2, -0.15) is 0 Å². The number of hydrogen-bond donors (Lipinski definition) is 1. The number of aliphatic hydroxyl groups is 1. The van der Waals surface area contributed by atoms with Gasteiger partial charge in [-0.25, -0.2) is 8.78 Å². The molecular formula is C13H8Cl2F2O. The third kappa shape index (κ3) is 2.64. The van der Waals surface area contributed by atoms with E-state index in [-0.39, 0.29) is 21.2 Å². The van der Waals surface area contributed by atoms with Crippen molar-refractivity contribution >= 4 is 23.2 Å². The Bertz CT molecular complexity index is 587.